The lowest BCUT2D eigenvalue weighted by Gasteiger charge is -2.16. The Morgan fingerprint density at radius 2 is 2.00 bits per heavy atom. The molecule has 2 rings (SSSR count). The van der Waals surface area contributed by atoms with Crippen LogP contribution in [0.2, 0.25) is 0 Å². The molecule has 0 bridgehead atoms. The van der Waals surface area contributed by atoms with Gasteiger partial charge in [-0.1, -0.05) is 6.07 Å². The first-order valence-electron chi connectivity index (χ1n) is 5.35. The summed E-state index contributed by atoms with van der Waals surface area (Å²) in [5.74, 6) is 0. The van der Waals surface area contributed by atoms with Gasteiger partial charge in [0.05, 0.1) is 17.4 Å². The van der Waals surface area contributed by atoms with Crippen LogP contribution in [0.4, 0.5) is 5.69 Å². The van der Waals surface area contributed by atoms with Crippen LogP contribution in [0, 0.1) is 6.92 Å². The predicted molar refractivity (Wildman–Crippen MR) is 65.2 cm³/mol. The van der Waals surface area contributed by atoms with E-state index in [1.54, 1.807) is 12.4 Å². The molecule has 0 aliphatic carbocycles. The van der Waals surface area contributed by atoms with Gasteiger partial charge in [0.2, 0.25) is 0 Å². The van der Waals surface area contributed by atoms with E-state index in [1.165, 1.54) is 5.56 Å². The molecule has 82 valence electrons. The van der Waals surface area contributed by atoms with E-state index in [2.05, 4.69) is 28.3 Å². The number of rotatable bonds is 3. The molecule has 0 aromatic carbocycles. The normalized spacial score (nSPS) is 12.1. The molecule has 2 heterocycles. The second-order valence-electron chi connectivity index (χ2n) is 3.79. The Hall–Kier alpha value is -1.90. The van der Waals surface area contributed by atoms with E-state index in [0.29, 0.717) is 0 Å². The highest BCUT2D eigenvalue weighted by Gasteiger charge is 2.06. The highest BCUT2D eigenvalue weighted by molar-refractivity contribution is 5.48. The summed E-state index contributed by atoms with van der Waals surface area (Å²) in [4.78, 5) is 8.36. The van der Waals surface area contributed by atoms with E-state index >= 15 is 0 Å². The largest absolute Gasteiger partial charge is 0.377 e. The van der Waals surface area contributed by atoms with Crippen LogP contribution in [-0.2, 0) is 0 Å². The van der Waals surface area contributed by atoms with Crippen molar-refractivity contribution in [2.75, 3.05) is 5.32 Å². The fourth-order valence-electron chi connectivity index (χ4n) is 1.59. The third-order valence-corrected chi connectivity index (χ3v) is 2.56. The number of anilines is 1. The Labute approximate surface area is 95.6 Å². The van der Waals surface area contributed by atoms with Crippen molar-refractivity contribution >= 4 is 5.69 Å². The predicted octanol–water partition coefficient (Wildman–Crippen LogP) is 2.96. The van der Waals surface area contributed by atoms with Crippen molar-refractivity contribution in [2.45, 2.75) is 19.9 Å². The molecule has 0 aliphatic heterocycles. The molecule has 3 heteroatoms. The SMILES string of the molecule is Cc1ncccc1NC(C)c1cccnc1. The number of hydrogen-bond acceptors (Lipinski definition) is 3. The van der Waals surface area contributed by atoms with E-state index in [1.807, 2.05) is 31.3 Å². The van der Waals surface area contributed by atoms with Crippen LogP contribution in [0.5, 0.6) is 0 Å². The third-order valence-electron chi connectivity index (χ3n) is 2.56. The van der Waals surface area contributed by atoms with Gasteiger partial charge in [0.25, 0.3) is 0 Å². The molecular weight excluding hydrogens is 198 g/mol. The topological polar surface area (TPSA) is 37.8 Å². The summed E-state index contributed by atoms with van der Waals surface area (Å²) in [5, 5.41) is 3.42. The maximum atomic E-state index is 4.25. The molecule has 3 nitrogen and oxygen atoms in total. The lowest BCUT2D eigenvalue weighted by Crippen LogP contribution is -2.08. The molecule has 1 N–H and O–H groups in total. The summed E-state index contributed by atoms with van der Waals surface area (Å²) < 4.78 is 0. The number of nitrogens with one attached hydrogen (secondary N) is 1. The van der Waals surface area contributed by atoms with E-state index < -0.39 is 0 Å². The van der Waals surface area contributed by atoms with Gasteiger partial charge in [-0.2, -0.15) is 0 Å². The Kier molecular flexibility index (Phi) is 3.15. The average Bonchev–Trinajstić information content (AvgIpc) is 2.33. The quantitative estimate of drug-likeness (QED) is 0.851. The van der Waals surface area contributed by atoms with Crippen molar-refractivity contribution in [1.29, 1.82) is 0 Å². The first-order chi connectivity index (χ1) is 7.77. The number of aromatic nitrogens is 2. The molecule has 0 fully saturated rings. The van der Waals surface area contributed by atoms with Gasteiger partial charge in [0.1, 0.15) is 0 Å². The smallest absolute Gasteiger partial charge is 0.0603 e. The van der Waals surface area contributed by atoms with Crippen LogP contribution >= 0.6 is 0 Å². The molecular formula is C13H15N3. The molecule has 0 saturated heterocycles. The Bertz CT molecular complexity index is 454. The highest BCUT2D eigenvalue weighted by Crippen LogP contribution is 2.19. The van der Waals surface area contributed by atoms with Crippen molar-refractivity contribution in [1.82, 2.24) is 9.97 Å². The van der Waals surface area contributed by atoms with Crippen LogP contribution in [-0.4, -0.2) is 9.97 Å². The lowest BCUT2D eigenvalue weighted by atomic mass is 10.1. The average molecular weight is 213 g/mol. The maximum Gasteiger partial charge on any atom is 0.0603 e. The van der Waals surface area contributed by atoms with Crippen LogP contribution in [0.15, 0.2) is 42.9 Å². The molecule has 0 spiro atoms. The van der Waals surface area contributed by atoms with Gasteiger partial charge in [-0.3, -0.25) is 9.97 Å². The van der Waals surface area contributed by atoms with Gasteiger partial charge in [0, 0.05) is 18.6 Å². The summed E-state index contributed by atoms with van der Waals surface area (Å²) in [6.07, 6.45) is 5.46. The minimum absolute atomic E-state index is 0.233. The van der Waals surface area contributed by atoms with Crippen LogP contribution in [0.1, 0.15) is 24.2 Å². The zero-order chi connectivity index (χ0) is 11.4. The molecule has 0 amide bonds. The highest BCUT2D eigenvalue weighted by atomic mass is 14.9. The first-order valence-corrected chi connectivity index (χ1v) is 5.35. The van der Waals surface area contributed by atoms with Crippen molar-refractivity contribution in [2.24, 2.45) is 0 Å². The molecule has 0 aliphatic rings. The van der Waals surface area contributed by atoms with Crippen molar-refractivity contribution in [3.8, 4) is 0 Å². The lowest BCUT2D eigenvalue weighted by molar-refractivity contribution is 0.870. The molecule has 0 saturated carbocycles. The van der Waals surface area contributed by atoms with Crippen LogP contribution < -0.4 is 5.32 Å². The number of nitrogens with zero attached hydrogens (tertiary/aromatic N) is 2. The van der Waals surface area contributed by atoms with Gasteiger partial charge >= 0.3 is 0 Å². The van der Waals surface area contributed by atoms with Crippen LogP contribution in [0.3, 0.4) is 0 Å². The molecule has 1 atom stereocenters. The second kappa shape index (κ2) is 4.75. The van der Waals surface area contributed by atoms with Crippen LogP contribution in [0.25, 0.3) is 0 Å². The number of pyridine rings is 2. The molecule has 0 radical (unpaired) electrons. The number of aryl methyl sites for hydroxylation is 1. The number of hydrogen-bond donors (Lipinski definition) is 1. The summed E-state index contributed by atoms with van der Waals surface area (Å²) in [6.45, 7) is 4.11. The molecule has 16 heavy (non-hydrogen) atoms. The molecule has 1 unspecified atom stereocenters. The zero-order valence-corrected chi connectivity index (χ0v) is 9.51. The van der Waals surface area contributed by atoms with E-state index in [9.17, 15) is 0 Å². The van der Waals surface area contributed by atoms with Gasteiger partial charge in [-0.25, -0.2) is 0 Å². The summed E-state index contributed by atoms with van der Waals surface area (Å²) in [5.41, 5.74) is 3.25. The standard InChI is InChI=1S/C13H15N3/c1-10(12-5-3-7-14-9-12)16-13-6-4-8-15-11(13)2/h3-10,16H,1-2H3. The summed E-state index contributed by atoms with van der Waals surface area (Å²) in [7, 11) is 0. The minimum atomic E-state index is 0.233. The first kappa shape index (κ1) is 10.6. The Balaban J connectivity index is 2.14. The summed E-state index contributed by atoms with van der Waals surface area (Å²) >= 11 is 0. The van der Waals surface area contributed by atoms with Gasteiger partial charge < -0.3 is 5.32 Å². The van der Waals surface area contributed by atoms with E-state index in [4.69, 9.17) is 0 Å². The fourth-order valence-corrected chi connectivity index (χ4v) is 1.59. The Morgan fingerprint density at radius 3 is 2.69 bits per heavy atom. The second-order valence-corrected chi connectivity index (χ2v) is 3.79. The summed E-state index contributed by atoms with van der Waals surface area (Å²) in [6, 6.07) is 8.22. The fraction of sp³-hybridized carbons (Fsp3) is 0.231. The zero-order valence-electron chi connectivity index (χ0n) is 9.51. The Morgan fingerprint density at radius 1 is 1.19 bits per heavy atom. The van der Waals surface area contributed by atoms with Gasteiger partial charge in [-0.15, -0.1) is 0 Å². The monoisotopic (exact) mass is 213 g/mol. The van der Waals surface area contributed by atoms with Crippen molar-refractivity contribution in [3.05, 3.63) is 54.1 Å². The van der Waals surface area contributed by atoms with Gasteiger partial charge in [-0.05, 0) is 37.6 Å². The van der Waals surface area contributed by atoms with Crippen molar-refractivity contribution in [3.63, 3.8) is 0 Å². The minimum Gasteiger partial charge on any atom is -0.377 e. The maximum absolute atomic E-state index is 4.25. The van der Waals surface area contributed by atoms with Crippen molar-refractivity contribution < 1.29 is 0 Å². The van der Waals surface area contributed by atoms with E-state index in [0.717, 1.165) is 11.4 Å². The molecule has 2 aromatic heterocycles. The molecule has 2 aromatic rings. The van der Waals surface area contributed by atoms with Gasteiger partial charge in [0.15, 0.2) is 0 Å². The van der Waals surface area contributed by atoms with E-state index in [-0.39, 0.29) is 6.04 Å². The third kappa shape index (κ3) is 2.37.